The summed E-state index contributed by atoms with van der Waals surface area (Å²) in [6.07, 6.45) is 1.62. The zero-order valence-corrected chi connectivity index (χ0v) is 19.4. The van der Waals surface area contributed by atoms with Crippen LogP contribution in [0.1, 0.15) is 12.0 Å². The predicted octanol–water partition coefficient (Wildman–Crippen LogP) is 3.05. The van der Waals surface area contributed by atoms with E-state index in [1.807, 2.05) is 29.1 Å². The zero-order valence-electron chi connectivity index (χ0n) is 15.4. The topological polar surface area (TPSA) is 95.6 Å². The van der Waals surface area contributed by atoms with E-state index in [2.05, 4.69) is 21.4 Å². The molecule has 3 rings (SSSR count). The summed E-state index contributed by atoms with van der Waals surface area (Å²) in [5, 5.41) is 0. The Morgan fingerprint density at radius 3 is 2.60 bits per heavy atom. The van der Waals surface area contributed by atoms with Crippen molar-refractivity contribution in [1.82, 2.24) is 15.2 Å². The van der Waals surface area contributed by atoms with Crippen molar-refractivity contribution >= 4 is 72.1 Å². The maximum atomic E-state index is 12.6. The van der Waals surface area contributed by atoms with Gasteiger partial charge in [-0.2, -0.15) is 0 Å². The van der Waals surface area contributed by atoms with Crippen molar-refractivity contribution in [2.24, 2.45) is 0 Å². The van der Waals surface area contributed by atoms with E-state index < -0.39 is 15.9 Å². The van der Waals surface area contributed by atoms with Crippen molar-refractivity contribution in [3.05, 3.63) is 69.5 Å². The minimum atomic E-state index is -3.87. The van der Waals surface area contributed by atoms with Gasteiger partial charge in [-0.3, -0.25) is 19.9 Å². The number of benzene rings is 2. The number of halogens is 1. The molecule has 1 saturated heterocycles. The summed E-state index contributed by atoms with van der Waals surface area (Å²) in [5.41, 5.74) is 2.99. The lowest BCUT2D eigenvalue weighted by Crippen LogP contribution is -2.43. The smallest absolute Gasteiger partial charge is 0.266 e. The molecule has 0 bridgehead atoms. The van der Waals surface area contributed by atoms with Crippen molar-refractivity contribution in [3.63, 3.8) is 0 Å². The quantitative estimate of drug-likeness (QED) is 0.327. The molecule has 0 aromatic heterocycles. The number of sulfonamides is 1. The van der Waals surface area contributed by atoms with Crippen LogP contribution >= 0.6 is 39.9 Å². The third-order valence-corrected chi connectivity index (χ3v) is 7.10. The number of thioether (sulfide) groups is 1. The van der Waals surface area contributed by atoms with Gasteiger partial charge in [-0.1, -0.05) is 70.2 Å². The third kappa shape index (κ3) is 5.76. The molecule has 1 fully saturated rings. The molecule has 1 heterocycles. The minimum Gasteiger partial charge on any atom is -0.292 e. The zero-order chi connectivity index (χ0) is 21.7. The second-order valence-electron chi connectivity index (χ2n) is 6.11. The van der Waals surface area contributed by atoms with E-state index in [0.29, 0.717) is 9.23 Å². The molecule has 30 heavy (non-hydrogen) atoms. The maximum absolute atomic E-state index is 12.6. The Balaban J connectivity index is 1.56. The lowest BCUT2D eigenvalue weighted by molar-refractivity contribution is -0.124. The van der Waals surface area contributed by atoms with Crippen LogP contribution in [0.2, 0.25) is 0 Å². The molecular formula is C19H16BrN3O4S3. The molecule has 0 radical (unpaired) electrons. The largest absolute Gasteiger partial charge is 0.292 e. The van der Waals surface area contributed by atoms with Crippen LogP contribution in [0.4, 0.5) is 0 Å². The van der Waals surface area contributed by atoms with E-state index in [9.17, 15) is 18.0 Å². The highest BCUT2D eigenvalue weighted by atomic mass is 79.9. The molecular weight excluding hydrogens is 510 g/mol. The predicted molar refractivity (Wildman–Crippen MR) is 124 cm³/mol. The van der Waals surface area contributed by atoms with Crippen LogP contribution in [0.25, 0.3) is 6.08 Å². The molecule has 1 aliphatic rings. The van der Waals surface area contributed by atoms with Gasteiger partial charge >= 0.3 is 0 Å². The van der Waals surface area contributed by atoms with Crippen molar-refractivity contribution in [1.29, 1.82) is 0 Å². The lowest BCUT2D eigenvalue weighted by atomic mass is 10.2. The first kappa shape index (κ1) is 22.6. The molecule has 0 spiro atoms. The van der Waals surface area contributed by atoms with Gasteiger partial charge in [0.1, 0.15) is 4.32 Å². The highest BCUT2D eigenvalue weighted by molar-refractivity contribution is 9.10. The molecule has 1 aliphatic heterocycles. The van der Waals surface area contributed by atoms with E-state index in [-0.39, 0.29) is 23.8 Å². The number of carbonyl (C=O) groups excluding carboxylic acids is 2. The summed E-state index contributed by atoms with van der Waals surface area (Å²) < 4.78 is 25.5. The Bertz CT molecular complexity index is 1120. The van der Waals surface area contributed by atoms with Crippen LogP contribution in [0.5, 0.6) is 0 Å². The number of hydrogen-bond donors (Lipinski definition) is 2. The van der Waals surface area contributed by atoms with E-state index in [4.69, 9.17) is 12.2 Å². The monoisotopic (exact) mass is 525 g/mol. The van der Waals surface area contributed by atoms with Crippen molar-refractivity contribution < 1.29 is 18.0 Å². The molecule has 2 aromatic carbocycles. The van der Waals surface area contributed by atoms with Gasteiger partial charge in [0.15, 0.2) is 0 Å². The second kappa shape index (κ2) is 9.84. The number of thiocarbonyl (C=S) groups is 1. The highest BCUT2D eigenvalue weighted by Crippen LogP contribution is 2.32. The van der Waals surface area contributed by atoms with Crippen LogP contribution in [0.3, 0.4) is 0 Å². The van der Waals surface area contributed by atoms with Gasteiger partial charge in [-0.15, -0.1) is 4.83 Å². The van der Waals surface area contributed by atoms with Gasteiger partial charge in [0.05, 0.1) is 9.80 Å². The Morgan fingerprint density at radius 1 is 1.17 bits per heavy atom. The number of hydrogen-bond acceptors (Lipinski definition) is 6. The highest BCUT2D eigenvalue weighted by Gasteiger charge is 2.32. The third-order valence-electron chi connectivity index (χ3n) is 3.96. The molecule has 0 saturated carbocycles. The SMILES string of the molecule is O=C(CCN1C(=O)C(=Cc2cccc(Br)c2)SC1=S)NNS(=O)(=O)c1ccccc1. The average molecular weight is 526 g/mol. The molecule has 2 aromatic rings. The van der Waals surface area contributed by atoms with Crippen LogP contribution in [0.15, 0.2) is 68.9 Å². The first-order chi connectivity index (χ1) is 14.3. The average Bonchev–Trinajstić information content (AvgIpc) is 2.98. The van der Waals surface area contributed by atoms with Gasteiger partial charge in [0, 0.05) is 17.4 Å². The number of amides is 2. The number of hydrazine groups is 1. The lowest BCUT2D eigenvalue weighted by Gasteiger charge is -2.14. The van der Waals surface area contributed by atoms with E-state index in [0.717, 1.165) is 21.8 Å². The van der Waals surface area contributed by atoms with Gasteiger partial charge in [-0.25, -0.2) is 8.42 Å². The number of nitrogens with zero attached hydrogens (tertiary/aromatic N) is 1. The molecule has 11 heteroatoms. The summed E-state index contributed by atoms with van der Waals surface area (Å²) in [5.74, 6) is -0.873. The summed E-state index contributed by atoms with van der Waals surface area (Å²) >= 11 is 9.79. The van der Waals surface area contributed by atoms with Crippen LogP contribution < -0.4 is 10.3 Å². The van der Waals surface area contributed by atoms with Crippen LogP contribution in [-0.4, -0.2) is 36.0 Å². The molecule has 2 amide bonds. The molecule has 156 valence electrons. The fraction of sp³-hybridized carbons (Fsp3) is 0.105. The summed E-state index contributed by atoms with van der Waals surface area (Å²) in [6.45, 7) is 0.0411. The number of rotatable bonds is 7. The summed E-state index contributed by atoms with van der Waals surface area (Å²) in [7, 11) is -3.87. The maximum Gasteiger partial charge on any atom is 0.266 e. The van der Waals surface area contributed by atoms with E-state index in [1.165, 1.54) is 17.0 Å². The minimum absolute atomic E-state index is 0.0277. The van der Waals surface area contributed by atoms with Gasteiger partial charge in [-0.05, 0) is 35.9 Å². The molecule has 7 nitrogen and oxygen atoms in total. The molecule has 0 unspecified atom stereocenters. The Labute approximate surface area is 192 Å². The molecule has 0 aliphatic carbocycles. The first-order valence-electron chi connectivity index (χ1n) is 8.63. The fourth-order valence-corrected chi connectivity index (χ4v) is 5.11. The second-order valence-corrected chi connectivity index (χ2v) is 10.4. The van der Waals surface area contributed by atoms with Crippen molar-refractivity contribution in [2.75, 3.05) is 6.54 Å². The molecule has 2 N–H and O–H groups in total. The van der Waals surface area contributed by atoms with Crippen LogP contribution in [0, 0.1) is 0 Å². The van der Waals surface area contributed by atoms with Crippen LogP contribution in [-0.2, 0) is 19.6 Å². The number of nitrogens with one attached hydrogen (secondary N) is 2. The Morgan fingerprint density at radius 2 is 1.90 bits per heavy atom. The normalized spacial score (nSPS) is 15.6. The Hall–Kier alpha value is -2.05. The summed E-state index contributed by atoms with van der Waals surface area (Å²) in [4.78, 5) is 28.5. The van der Waals surface area contributed by atoms with E-state index in [1.54, 1.807) is 24.3 Å². The van der Waals surface area contributed by atoms with Gasteiger partial charge in [0.2, 0.25) is 5.91 Å². The number of carbonyl (C=O) groups is 2. The van der Waals surface area contributed by atoms with Crippen molar-refractivity contribution in [3.8, 4) is 0 Å². The standard InChI is InChI=1S/C19H16BrN3O4S3/c20-14-6-4-5-13(11-14)12-16-18(25)23(19(28)29-16)10-9-17(24)21-22-30(26,27)15-7-2-1-3-8-15/h1-8,11-12,22H,9-10H2,(H,21,24). The van der Waals surface area contributed by atoms with Crippen molar-refractivity contribution in [2.45, 2.75) is 11.3 Å². The fourth-order valence-electron chi connectivity index (χ4n) is 2.50. The Kier molecular flexibility index (Phi) is 7.42. The van der Waals surface area contributed by atoms with E-state index >= 15 is 0 Å². The first-order valence-corrected chi connectivity index (χ1v) is 12.1. The van der Waals surface area contributed by atoms with Gasteiger partial charge < -0.3 is 0 Å². The summed E-state index contributed by atoms with van der Waals surface area (Å²) in [6, 6.07) is 15.1. The van der Waals surface area contributed by atoms with Gasteiger partial charge in [0.25, 0.3) is 15.9 Å². The molecule has 0 atom stereocenters.